The molecule has 3 nitrogen and oxygen atoms in total. The molecule has 0 saturated heterocycles. The first-order valence-corrected chi connectivity index (χ1v) is 9.06. The van der Waals surface area contributed by atoms with Crippen molar-refractivity contribution in [3.8, 4) is 6.07 Å². The predicted octanol–water partition coefficient (Wildman–Crippen LogP) is 4.29. The van der Waals surface area contributed by atoms with Crippen molar-refractivity contribution in [2.75, 3.05) is 0 Å². The van der Waals surface area contributed by atoms with E-state index in [1.807, 2.05) is 29.6 Å². The van der Waals surface area contributed by atoms with Gasteiger partial charge in [-0.2, -0.15) is 5.26 Å². The average molecular weight is 391 g/mol. The van der Waals surface area contributed by atoms with Crippen LogP contribution in [0.4, 0.5) is 0 Å². The van der Waals surface area contributed by atoms with Gasteiger partial charge in [-0.1, -0.05) is 45.9 Å². The lowest BCUT2D eigenvalue weighted by atomic mass is 9.91. The molecule has 1 aromatic heterocycles. The van der Waals surface area contributed by atoms with Crippen molar-refractivity contribution in [1.29, 1.82) is 5.26 Å². The molecule has 1 aliphatic heterocycles. The zero-order chi connectivity index (χ0) is 15.7. The van der Waals surface area contributed by atoms with Crippen molar-refractivity contribution in [3.05, 3.63) is 67.3 Å². The number of nitrogens with two attached hydrogens (primary N) is 1. The average Bonchev–Trinajstić information content (AvgIpc) is 3.14. The van der Waals surface area contributed by atoms with E-state index < -0.39 is 0 Å². The SMILES string of the molecule is N#CC1=C(N)SC(C(=O)c2ccc(Br)cc2)C1c1cccs1. The van der Waals surface area contributed by atoms with Crippen molar-refractivity contribution >= 4 is 44.8 Å². The summed E-state index contributed by atoms with van der Waals surface area (Å²) in [5, 5.41) is 11.4. The fourth-order valence-corrected chi connectivity index (χ4v) is 4.90. The van der Waals surface area contributed by atoms with Crippen LogP contribution in [0.2, 0.25) is 0 Å². The summed E-state index contributed by atoms with van der Waals surface area (Å²) in [6, 6.07) is 13.3. The van der Waals surface area contributed by atoms with Gasteiger partial charge in [-0.25, -0.2) is 0 Å². The summed E-state index contributed by atoms with van der Waals surface area (Å²) in [5.41, 5.74) is 7.12. The van der Waals surface area contributed by atoms with Crippen LogP contribution in [0.5, 0.6) is 0 Å². The smallest absolute Gasteiger partial charge is 0.177 e. The van der Waals surface area contributed by atoms with Gasteiger partial charge in [0.1, 0.15) is 0 Å². The van der Waals surface area contributed by atoms with Gasteiger partial charge in [-0.15, -0.1) is 11.3 Å². The molecule has 2 N–H and O–H groups in total. The van der Waals surface area contributed by atoms with Crippen LogP contribution in [0.1, 0.15) is 21.2 Å². The normalized spacial score (nSPS) is 20.9. The molecule has 2 aromatic rings. The van der Waals surface area contributed by atoms with Crippen LogP contribution in [0.15, 0.2) is 56.9 Å². The molecule has 0 aliphatic carbocycles. The number of hydrogen-bond acceptors (Lipinski definition) is 5. The molecular weight excluding hydrogens is 380 g/mol. The van der Waals surface area contributed by atoms with E-state index in [0.717, 1.165) is 9.35 Å². The summed E-state index contributed by atoms with van der Waals surface area (Å²) in [7, 11) is 0. The van der Waals surface area contributed by atoms with Gasteiger partial charge in [-0.05, 0) is 23.6 Å². The molecule has 0 fully saturated rings. The molecule has 2 atom stereocenters. The third-order valence-electron chi connectivity index (χ3n) is 3.49. The maximum absolute atomic E-state index is 12.8. The number of benzene rings is 1. The second-order valence-electron chi connectivity index (χ2n) is 4.79. The summed E-state index contributed by atoms with van der Waals surface area (Å²) < 4.78 is 0.924. The molecular formula is C16H11BrN2OS2. The second-order valence-corrected chi connectivity index (χ2v) is 7.87. The highest BCUT2D eigenvalue weighted by molar-refractivity contribution is 9.10. The predicted molar refractivity (Wildman–Crippen MR) is 93.7 cm³/mol. The van der Waals surface area contributed by atoms with Crippen molar-refractivity contribution < 1.29 is 4.79 Å². The largest absolute Gasteiger partial charge is 0.393 e. The lowest BCUT2D eigenvalue weighted by Gasteiger charge is -2.17. The molecule has 110 valence electrons. The number of carbonyl (C=O) groups excluding carboxylic acids is 1. The zero-order valence-electron chi connectivity index (χ0n) is 11.3. The maximum Gasteiger partial charge on any atom is 0.177 e. The van der Waals surface area contributed by atoms with Gasteiger partial charge < -0.3 is 5.73 Å². The van der Waals surface area contributed by atoms with Gasteiger partial charge in [0.15, 0.2) is 5.78 Å². The molecule has 0 saturated carbocycles. The number of thiophene rings is 1. The quantitative estimate of drug-likeness (QED) is 0.793. The Kier molecular flexibility index (Phi) is 4.39. The number of rotatable bonds is 3. The van der Waals surface area contributed by atoms with Gasteiger partial charge >= 0.3 is 0 Å². The van der Waals surface area contributed by atoms with Crippen molar-refractivity contribution in [2.24, 2.45) is 5.73 Å². The zero-order valence-corrected chi connectivity index (χ0v) is 14.5. The fourth-order valence-electron chi connectivity index (χ4n) is 2.44. The van der Waals surface area contributed by atoms with Crippen LogP contribution in [-0.2, 0) is 0 Å². The molecule has 1 aromatic carbocycles. The molecule has 1 aliphatic rings. The van der Waals surface area contributed by atoms with E-state index in [9.17, 15) is 10.1 Å². The van der Waals surface area contributed by atoms with E-state index in [1.54, 1.807) is 23.5 Å². The van der Waals surface area contributed by atoms with Gasteiger partial charge in [-0.3, -0.25) is 4.79 Å². The molecule has 3 rings (SSSR count). The van der Waals surface area contributed by atoms with E-state index in [-0.39, 0.29) is 17.0 Å². The number of Topliss-reactive ketones (excluding diaryl/α,β-unsaturated/α-hetero) is 1. The van der Waals surface area contributed by atoms with Crippen LogP contribution >= 0.6 is 39.0 Å². The van der Waals surface area contributed by atoms with Gasteiger partial charge in [0.25, 0.3) is 0 Å². The minimum absolute atomic E-state index is 0.00380. The third-order valence-corrected chi connectivity index (χ3v) is 6.19. The Bertz CT molecular complexity index is 775. The Morgan fingerprint density at radius 1 is 1.27 bits per heavy atom. The number of allylic oxidation sites excluding steroid dienone is 1. The maximum atomic E-state index is 12.8. The number of nitriles is 1. The molecule has 2 unspecified atom stereocenters. The fraction of sp³-hybridized carbons (Fsp3) is 0.125. The van der Waals surface area contributed by atoms with Crippen molar-refractivity contribution in [3.63, 3.8) is 0 Å². The molecule has 0 bridgehead atoms. The summed E-state index contributed by atoms with van der Waals surface area (Å²) in [5.74, 6) is -0.254. The number of hydrogen-bond donors (Lipinski definition) is 1. The molecule has 0 radical (unpaired) electrons. The van der Waals surface area contributed by atoms with Crippen molar-refractivity contribution in [2.45, 2.75) is 11.2 Å². The minimum Gasteiger partial charge on any atom is -0.393 e. The van der Waals surface area contributed by atoms with Crippen LogP contribution < -0.4 is 5.73 Å². The Hall–Kier alpha value is -1.55. The topological polar surface area (TPSA) is 66.9 Å². The van der Waals surface area contributed by atoms with Crippen LogP contribution in [0.3, 0.4) is 0 Å². The van der Waals surface area contributed by atoms with E-state index in [4.69, 9.17) is 5.73 Å². The second kappa shape index (κ2) is 6.29. The molecule has 6 heteroatoms. The Morgan fingerprint density at radius 3 is 2.59 bits per heavy atom. The highest BCUT2D eigenvalue weighted by atomic mass is 79.9. The highest BCUT2D eigenvalue weighted by Gasteiger charge is 2.41. The Balaban J connectivity index is 1.98. The molecule has 2 heterocycles. The van der Waals surface area contributed by atoms with Gasteiger partial charge in [0.2, 0.25) is 0 Å². The van der Waals surface area contributed by atoms with E-state index >= 15 is 0 Å². The number of nitrogens with zero attached hydrogens (tertiary/aromatic N) is 1. The Labute approximate surface area is 145 Å². The van der Waals surface area contributed by atoms with Crippen LogP contribution in [-0.4, -0.2) is 11.0 Å². The van der Waals surface area contributed by atoms with Gasteiger partial charge in [0, 0.05) is 14.9 Å². The Morgan fingerprint density at radius 2 is 2.00 bits per heavy atom. The third kappa shape index (κ3) is 2.72. The van der Waals surface area contributed by atoms with Crippen LogP contribution in [0.25, 0.3) is 0 Å². The van der Waals surface area contributed by atoms with E-state index in [2.05, 4.69) is 22.0 Å². The molecule has 0 spiro atoms. The highest BCUT2D eigenvalue weighted by Crippen LogP contribution is 2.47. The number of halogens is 1. The lowest BCUT2D eigenvalue weighted by Crippen LogP contribution is -2.22. The first kappa shape index (κ1) is 15.3. The first-order valence-electron chi connectivity index (χ1n) is 6.51. The monoisotopic (exact) mass is 390 g/mol. The molecule has 22 heavy (non-hydrogen) atoms. The summed E-state index contributed by atoms with van der Waals surface area (Å²) >= 11 is 6.20. The minimum atomic E-state index is -0.380. The standard InChI is InChI=1S/C16H11BrN2OS2/c17-10-5-3-9(4-6-10)14(20)15-13(12-2-1-7-21-12)11(8-18)16(19)22-15/h1-7,13,15H,19H2. The summed E-state index contributed by atoms with van der Waals surface area (Å²) in [6.45, 7) is 0. The van der Waals surface area contributed by atoms with Crippen molar-refractivity contribution in [1.82, 2.24) is 0 Å². The van der Waals surface area contributed by atoms with E-state index in [1.165, 1.54) is 11.8 Å². The van der Waals surface area contributed by atoms with E-state index in [0.29, 0.717) is 16.2 Å². The lowest BCUT2D eigenvalue weighted by molar-refractivity contribution is 0.0986. The molecule has 0 amide bonds. The summed E-state index contributed by atoms with van der Waals surface area (Å²) in [4.78, 5) is 13.8. The number of thioether (sulfide) groups is 1. The van der Waals surface area contributed by atoms with Gasteiger partial charge in [0.05, 0.1) is 27.8 Å². The number of carbonyl (C=O) groups is 1. The summed E-state index contributed by atoms with van der Waals surface area (Å²) in [6.07, 6.45) is 0. The van der Waals surface area contributed by atoms with Crippen LogP contribution in [0, 0.1) is 11.3 Å². The first-order chi connectivity index (χ1) is 10.6. The number of ketones is 1.